The third kappa shape index (κ3) is 2.14. The lowest BCUT2D eigenvalue weighted by Crippen LogP contribution is -2.11. The summed E-state index contributed by atoms with van der Waals surface area (Å²) in [6.07, 6.45) is 5.92. The minimum atomic E-state index is -0.323. The van der Waals surface area contributed by atoms with Crippen LogP contribution in [0.5, 0.6) is 0 Å². The highest BCUT2D eigenvalue weighted by molar-refractivity contribution is 7.80. The molecule has 0 bridgehead atoms. The van der Waals surface area contributed by atoms with Crippen LogP contribution in [0.1, 0.15) is 29.8 Å². The molecule has 0 amide bonds. The smallest absolute Gasteiger partial charge is 0.147 e. The first-order chi connectivity index (χ1) is 9.16. The van der Waals surface area contributed by atoms with Crippen LogP contribution in [0, 0.1) is 5.82 Å². The van der Waals surface area contributed by atoms with Gasteiger partial charge in [0.15, 0.2) is 0 Å². The van der Waals surface area contributed by atoms with Crippen molar-refractivity contribution in [2.24, 2.45) is 5.73 Å². The number of benzene rings is 1. The fourth-order valence-electron chi connectivity index (χ4n) is 2.53. The lowest BCUT2D eigenvalue weighted by molar-refractivity contribution is 0.608. The molecule has 0 saturated heterocycles. The number of aromatic nitrogens is 2. The number of aryl methyl sites for hydroxylation is 1. The second-order valence-corrected chi connectivity index (χ2v) is 5.19. The van der Waals surface area contributed by atoms with Crippen molar-refractivity contribution in [3.63, 3.8) is 0 Å². The van der Waals surface area contributed by atoms with E-state index in [1.807, 2.05) is 4.57 Å². The summed E-state index contributed by atoms with van der Waals surface area (Å²) in [5, 5.41) is 0. The zero-order chi connectivity index (χ0) is 13.4. The molecule has 1 aliphatic rings. The van der Waals surface area contributed by atoms with Crippen molar-refractivity contribution >= 4 is 17.2 Å². The highest BCUT2D eigenvalue weighted by Crippen LogP contribution is 2.24. The first-order valence-electron chi connectivity index (χ1n) is 6.31. The molecule has 2 N–H and O–H groups in total. The van der Waals surface area contributed by atoms with Crippen LogP contribution in [0.25, 0.3) is 5.69 Å². The van der Waals surface area contributed by atoms with Crippen molar-refractivity contribution in [2.75, 3.05) is 0 Å². The van der Waals surface area contributed by atoms with Gasteiger partial charge in [-0.05, 0) is 43.9 Å². The average Bonchev–Trinajstić information content (AvgIpc) is 2.82. The van der Waals surface area contributed by atoms with Crippen molar-refractivity contribution in [3.8, 4) is 5.69 Å². The molecule has 3 nitrogen and oxygen atoms in total. The van der Waals surface area contributed by atoms with E-state index >= 15 is 0 Å². The van der Waals surface area contributed by atoms with E-state index < -0.39 is 0 Å². The zero-order valence-electron chi connectivity index (χ0n) is 10.4. The summed E-state index contributed by atoms with van der Waals surface area (Å²) in [6, 6.07) is 4.84. The largest absolute Gasteiger partial charge is 0.389 e. The molecule has 1 aromatic carbocycles. The first kappa shape index (κ1) is 12.3. The number of nitrogens with zero attached hydrogens (tertiary/aromatic N) is 2. The van der Waals surface area contributed by atoms with Gasteiger partial charge < -0.3 is 10.3 Å². The number of nitrogens with two attached hydrogens (primary N) is 1. The third-order valence-electron chi connectivity index (χ3n) is 3.52. The van der Waals surface area contributed by atoms with E-state index in [1.54, 1.807) is 18.5 Å². The monoisotopic (exact) mass is 275 g/mol. The molecule has 5 heteroatoms. The van der Waals surface area contributed by atoms with Crippen LogP contribution in [-0.4, -0.2) is 14.5 Å². The highest BCUT2D eigenvalue weighted by Gasteiger charge is 2.18. The van der Waals surface area contributed by atoms with Gasteiger partial charge in [0.1, 0.15) is 10.8 Å². The summed E-state index contributed by atoms with van der Waals surface area (Å²) in [4.78, 5) is 4.58. The Bertz CT molecular complexity index is 648. The number of rotatable bonds is 2. The van der Waals surface area contributed by atoms with Gasteiger partial charge in [0.2, 0.25) is 0 Å². The molecule has 0 spiro atoms. The molecule has 0 unspecified atom stereocenters. The van der Waals surface area contributed by atoms with Gasteiger partial charge in [-0.15, -0.1) is 0 Å². The van der Waals surface area contributed by atoms with E-state index in [4.69, 9.17) is 18.0 Å². The Balaban J connectivity index is 2.07. The van der Waals surface area contributed by atoms with E-state index in [9.17, 15) is 4.39 Å². The standard InChI is InChI=1S/C14H14FN3S/c15-10-7-9(14(16)19)5-6-12(10)18-8-17-11-3-1-2-4-13(11)18/h5-8H,1-4H2,(H2,16,19). The van der Waals surface area contributed by atoms with Gasteiger partial charge in [-0.3, -0.25) is 0 Å². The van der Waals surface area contributed by atoms with E-state index in [2.05, 4.69) is 4.98 Å². The van der Waals surface area contributed by atoms with Gasteiger partial charge in [0.25, 0.3) is 0 Å². The molecule has 0 saturated carbocycles. The van der Waals surface area contributed by atoms with Crippen LogP contribution in [0.15, 0.2) is 24.5 Å². The maximum absolute atomic E-state index is 14.2. The zero-order valence-corrected chi connectivity index (χ0v) is 11.2. The van der Waals surface area contributed by atoms with Crippen LogP contribution in [0.2, 0.25) is 0 Å². The van der Waals surface area contributed by atoms with Crippen LogP contribution in [-0.2, 0) is 12.8 Å². The molecule has 98 valence electrons. The predicted octanol–water partition coefficient (Wildman–Crippen LogP) is 2.52. The number of hydrogen-bond acceptors (Lipinski definition) is 2. The highest BCUT2D eigenvalue weighted by atomic mass is 32.1. The first-order valence-corrected chi connectivity index (χ1v) is 6.72. The molecule has 3 rings (SSSR count). The quantitative estimate of drug-likeness (QED) is 0.857. The number of thiocarbonyl (C=S) groups is 1. The molecule has 19 heavy (non-hydrogen) atoms. The minimum Gasteiger partial charge on any atom is -0.389 e. The fraction of sp³-hybridized carbons (Fsp3) is 0.286. The molecule has 1 aromatic heterocycles. The Hall–Kier alpha value is -1.75. The maximum atomic E-state index is 14.2. The Morgan fingerprint density at radius 1 is 1.32 bits per heavy atom. The van der Waals surface area contributed by atoms with E-state index in [0.29, 0.717) is 11.3 Å². The molecule has 1 heterocycles. The van der Waals surface area contributed by atoms with Gasteiger partial charge in [-0.1, -0.05) is 12.2 Å². The van der Waals surface area contributed by atoms with E-state index in [0.717, 1.165) is 37.1 Å². The summed E-state index contributed by atoms with van der Waals surface area (Å²) in [5.74, 6) is -0.323. The Kier molecular flexibility index (Phi) is 3.06. The van der Waals surface area contributed by atoms with Crippen molar-refractivity contribution < 1.29 is 4.39 Å². The molecule has 0 aliphatic heterocycles. The number of fused-ring (bicyclic) bond motifs is 1. The summed E-state index contributed by atoms with van der Waals surface area (Å²) in [7, 11) is 0. The molecular formula is C14H14FN3S. The number of hydrogen-bond donors (Lipinski definition) is 1. The van der Waals surface area contributed by atoms with Gasteiger partial charge in [0, 0.05) is 11.3 Å². The van der Waals surface area contributed by atoms with Gasteiger partial charge >= 0.3 is 0 Å². The lowest BCUT2D eigenvalue weighted by atomic mass is 10.0. The summed E-state index contributed by atoms with van der Waals surface area (Å²) < 4.78 is 16.0. The van der Waals surface area contributed by atoms with Crippen molar-refractivity contribution in [1.29, 1.82) is 0 Å². The number of imidazole rings is 1. The third-order valence-corrected chi connectivity index (χ3v) is 3.76. The summed E-state index contributed by atoms with van der Waals surface area (Å²) in [6.45, 7) is 0. The van der Waals surface area contributed by atoms with Gasteiger partial charge in [-0.2, -0.15) is 0 Å². The van der Waals surface area contributed by atoms with Crippen molar-refractivity contribution in [3.05, 3.63) is 47.3 Å². The summed E-state index contributed by atoms with van der Waals surface area (Å²) >= 11 is 4.85. The molecule has 1 aliphatic carbocycles. The second kappa shape index (κ2) is 4.74. The van der Waals surface area contributed by atoms with Crippen LogP contribution >= 0.6 is 12.2 Å². The second-order valence-electron chi connectivity index (χ2n) is 4.75. The number of halogens is 1. The van der Waals surface area contributed by atoms with Crippen LogP contribution in [0.4, 0.5) is 4.39 Å². The summed E-state index contributed by atoms with van der Waals surface area (Å²) in [5.41, 5.74) is 8.77. The fourth-order valence-corrected chi connectivity index (χ4v) is 2.66. The molecule has 0 radical (unpaired) electrons. The predicted molar refractivity (Wildman–Crippen MR) is 76.1 cm³/mol. The SMILES string of the molecule is NC(=S)c1ccc(-n2cnc3c2CCCC3)c(F)c1. The Labute approximate surface area is 116 Å². The normalized spacial score (nSPS) is 14.2. The average molecular weight is 275 g/mol. The van der Waals surface area contributed by atoms with Crippen molar-refractivity contribution in [2.45, 2.75) is 25.7 Å². The van der Waals surface area contributed by atoms with Gasteiger partial charge in [0.05, 0.1) is 17.7 Å². The van der Waals surface area contributed by atoms with Crippen LogP contribution < -0.4 is 5.73 Å². The van der Waals surface area contributed by atoms with E-state index in [1.165, 1.54) is 6.07 Å². The maximum Gasteiger partial charge on any atom is 0.147 e. The molecular weight excluding hydrogens is 261 g/mol. The van der Waals surface area contributed by atoms with Crippen molar-refractivity contribution in [1.82, 2.24) is 9.55 Å². The van der Waals surface area contributed by atoms with Gasteiger partial charge in [-0.25, -0.2) is 9.37 Å². The Morgan fingerprint density at radius 2 is 2.11 bits per heavy atom. The molecule has 0 atom stereocenters. The molecule has 2 aromatic rings. The van der Waals surface area contributed by atoms with E-state index in [-0.39, 0.29) is 10.8 Å². The minimum absolute atomic E-state index is 0.207. The lowest BCUT2D eigenvalue weighted by Gasteiger charge is -2.14. The Morgan fingerprint density at radius 3 is 2.84 bits per heavy atom. The topological polar surface area (TPSA) is 43.8 Å². The van der Waals surface area contributed by atoms with Crippen LogP contribution in [0.3, 0.4) is 0 Å². The molecule has 0 fully saturated rings.